The van der Waals surface area contributed by atoms with Gasteiger partial charge >= 0.3 is 5.97 Å². The van der Waals surface area contributed by atoms with Crippen LogP contribution < -0.4 is 5.32 Å². The van der Waals surface area contributed by atoms with Crippen molar-refractivity contribution in [2.45, 2.75) is 13.5 Å². The van der Waals surface area contributed by atoms with E-state index in [9.17, 15) is 14.0 Å². The number of amides is 1. The number of nitrogens with one attached hydrogen (secondary N) is 1. The highest BCUT2D eigenvalue weighted by Crippen LogP contribution is 2.26. The number of ether oxygens (including phenoxy) is 1. The van der Waals surface area contributed by atoms with Gasteiger partial charge in [0.25, 0.3) is 5.91 Å². The predicted molar refractivity (Wildman–Crippen MR) is 98.6 cm³/mol. The average molecular weight is 385 g/mol. The largest absolute Gasteiger partial charge is 0.451 e. The molecule has 0 aliphatic carbocycles. The van der Waals surface area contributed by atoms with E-state index >= 15 is 0 Å². The first kappa shape index (κ1) is 18.7. The number of aromatic nitrogens is 2. The fourth-order valence-electron chi connectivity index (χ4n) is 2.27. The Morgan fingerprint density at radius 1 is 1.19 bits per heavy atom. The number of carbonyl (C=O) groups is 2. The summed E-state index contributed by atoms with van der Waals surface area (Å²) in [6.45, 7) is 1.26. The molecule has 27 heavy (non-hydrogen) atoms. The van der Waals surface area contributed by atoms with Gasteiger partial charge in [0, 0.05) is 18.3 Å². The van der Waals surface area contributed by atoms with E-state index in [1.54, 1.807) is 43.5 Å². The highest BCUT2D eigenvalue weighted by atomic mass is 32.1. The van der Waals surface area contributed by atoms with E-state index in [0.717, 1.165) is 11.3 Å². The molecule has 0 aliphatic rings. The van der Waals surface area contributed by atoms with E-state index in [1.165, 1.54) is 6.07 Å². The van der Waals surface area contributed by atoms with Gasteiger partial charge < -0.3 is 10.1 Å². The highest BCUT2D eigenvalue weighted by molar-refractivity contribution is 7.17. The molecule has 3 aromatic rings. The summed E-state index contributed by atoms with van der Waals surface area (Å²) in [5.74, 6) is -1.55. The molecular weight excluding hydrogens is 369 g/mol. The smallest absolute Gasteiger partial charge is 0.350 e. The molecule has 1 amide bonds. The third-order valence-corrected chi connectivity index (χ3v) is 4.79. The summed E-state index contributed by atoms with van der Waals surface area (Å²) in [6, 6.07) is 11.5. The SMILES string of the molecule is Cc1nc(-c2ccccn2)sc1C(=O)OCC(=O)NCc1ccccc1F. The third kappa shape index (κ3) is 4.73. The standard InChI is InChI=1S/C19H16FN3O3S/c1-12-17(27-18(23-12)15-8-4-5-9-21-15)19(25)26-11-16(24)22-10-13-6-2-3-7-14(13)20/h2-9H,10-11H2,1H3,(H,22,24). The van der Waals surface area contributed by atoms with Gasteiger partial charge in [-0.3, -0.25) is 9.78 Å². The Morgan fingerprint density at radius 2 is 1.96 bits per heavy atom. The van der Waals surface area contributed by atoms with Crippen LogP contribution in [0, 0.1) is 12.7 Å². The minimum Gasteiger partial charge on any atom is -0.451 e. The van der Waals surface area contributed by atoms with Crippen molar-refractivity contribution in [1.29, 1.82) is 0 Å². The lowest BCUT2D eigenvalue weighted by molar-refractivity contribution is -0.124. The Bertz CT molecular complexity index is 960. The molecule has 2 aromatic heterocycles. The fourth-order valence-corrected chi connectivity index (χ4v) is 3.20. The lowest BCUT2D eigenvalue weighted by atomic mass is 10.2. The fraction of sp³-hybridized carbons (Fsp3) is 0.158. The van der Waals surface area contributed by atoms with Crippen LogP contribution in [0.1, 0.15) is 20.9 Å². The van der Waals surface area contributed by atoms with E-state index in [1.807, 2.05) is 6.07 Å². The van der Waals surface area contributed by atoms with E-state index in [4.69, 9.17) is 4.74 Å². The maximum Gasteiger partial charge on any atom is 0.350 e. The van der Waals surface area contributed by atoms with Crippen LogP contribution in [0.3, 0.4) is 0 Å². The molecule has 0 fully saturated rings. The van der Waals surface area contributed by atoms with E-state index in [2.05, 4.69) is 15.3 Å². The Balaban J connectivity index is 1.55. The molecule has 0 aliphatic heterocycles. The molecule has 0 radical (unpaired) electrons. The summed E-state index contributed by atoms with van der Waals surface area (Å²) in [5.41, 5.74) is 1.53. The third-order valence-electron chi connectivity index (χ3n) is 3.63. The van der Waals surface area contributed by atoms with Crippen molar-refractivity contribution in [2.75, 3.05) is 6.61 Å². The summed E-state index contributed by atoms with van der Waals surface area (Å²) >= 11 is 1.16. The zero-order valence-corrected chi connectivity index (χ0v) is 15.3. The Labute approximate surface area is 159 Å². The normalized spacial score (nSPS) is 10.4. The molecule has 0 atom stereocenters. The van der Waals surface area contributed by atoms with Crippen LogP contribution in [0.5, 0.6) is 0 Å². The number of pyridine rings is 1. The molecule has 2 heterocycles. The van der Waals surface area contributed by atoms with Crippen molar-refractivity contribution in [2.24, 2.45) is 0 Å². The zero-order valence-electron chi connectivity index (χ0n) is 14.4. The molecule has 8 heteroatoms. The molecule has 138 valence electrons. The van der Waals surface area contributed by atoms with Gasteiger partial charge in [-0.15, -0.1) is 11.3 Å². The van der Waals surface area contributed by atoms with Crippen LogP contribution in [-0.4, -0.2) is 28.5 Å². The summed E-state index contributed by atoms with van der Waals surface area (Å²) < 4.78 is 18.6. The zero-order chi connectivity index (χ0) is 19.2. The van der Waals surface area contributed by atoms with Crippen LogP contribution in [0.4, 0.5) is 4.39 Å². The van der Waals surface area contributed by atoms with Gasteiger partial charge in [0.1, 0.15) is 15.7 Å². The second-order valence-corrected chi connectivity index (χ2v) is 6.59. The quantitative estimate of drug-likeness (QED) is 0.660. The first-order valence-electron chi connectivity index (χ1n) is 8.10. The van der Waals surface area contributed by atoms with Gasteiger partial charge in [0.05, 0.1) is 11.4 Å². The summed E-state index contributed by atoms with van der Waals surface area (Å²) in [6.07, 6.45) is 1.64. The molecule has 0 saturated heterocycles. The van der Waals surface area contributed by atoms with Crippen LogP contribution in [0.25, 0.3) is 10.7 Å². The van der Waals surface area contributed by atoms with Crippen molar-refractivity contribution in [3.05, 3.63) is 70.6 Å². The molecule has 0 spiro atoms. The molecule has 0 saturated carbocycles. The van der Waals surface area contributed by atoms with Crippen molar-refractivity contribution in [1.82, 2.24) is 15.3 Å². The van der Waals surface area contributed by atoms with Crippen molar-refractivity contribution < 1.29 is 18.7 Å². The first-order valence-corrected chi connectivity index (χ1v) is 8.92. The van der Waals surface area contributed by atoms with Crippen molar-refractivity contribution in [3.8, 4) is 10.7 Å². The summed E-state index contributed by atoms with van der Waals surface area (Å²) in [7, 11) is 0. The minimum atomic E-state index is -0.631. The maximum atomic E-state index is 13.5. The molecular formula is C19H16FN3O3S. The van der Waals surface area contributed by atoms with Gasteiger partial charge in [-0.1, -0.05) is 24.3 Å². The number of thiazole rings is 1. The number of carbonyl (C=O) groups excluding carboxylic acids is 2. The molecule has 0 unspecified atom stereocenters. The molecule has 1 N–H and O–H groups in total. The molecule has 3 rings (SSSR count). The van der Waals surface area contributed by atoms with Crippen LogP contribution in [-0.2, 0) is 16.1 Å². The number of nitrogens with zero attached hydrogens (tertiary/aromatic N) is 2. The van der Waals surface area contributed by atoms with Crippen LogP contribution in [0.2, 0.25) is 0 Å². The van der Waals surface area contributed by atoms with Gasteiger partial charge in [-0.25, -0.2) is 14.2 Å². The minimum absolute atomic E-state index is 0.0203. The van der Waals surface area contributed by atoms with E-state index < -0.39 is 24.3 Å². The second-order valence-electron chi connectivity index (χ2n) is 5.59. The monoisotopic (exact) mass is 385 g/mol. The lowest BCUT2D eigenvalue weighted by Crippen LogP contribution is -2.28. The Morgan fingerprint density at radius 3 is 2.70 bits per heavy atom. The maximum absolute atomic E-state index is 13.5. The summed E-state index contributed by atoms with van der Waals surface area (Å²) in [4.78, 5) is 32.9. The number of hydrogen-bond donors (Lipinski definition) is 1. The highest BCUT2D eigenvalue weighted by Gasteiger charge is 2.19. The number of hydrogen-bond acceptors (Lipinski definition) is 6. The number of rotatable bonds is 6. The van der Waals surface area contributed by atoms with Crippen molar-refractivity contribution in [3.63, 3.8) is 0 Å². The van der Waals surface area contributed by atoms with E-state index in [0.29, 0.717) is 26.8 Å². The Kier molecular flexibility index (Phi) is 5.87. The van der Waals surface area contributed by atoms with Gasteiger partial charge in [0.15, 0.2) is 6.61 Å². The van der Waals surface area contributed by atoms with Gasteiger partial charge in [-0.2, -0.15) is 0 Å². The van der Waals surface area contributed by atoms with Gasteiger partial charge in [0.2, 0.25) is 0 Å². The number of halogens is 1. The lowest BCUT2D eigenvalue weighted by Gasteiger charge is -2.07. The van der Waals surface area contributed by atoms with Crippen LogP contribution >= 0.6 is 11.3 Å². The first-order chi connectivity index (χ1) is 13.0. The topological polar surface area (TPSA) is 81.2 Å². The van der Waals surface area contributed by atoms with Gasteiger partial charge in [-0.05, 0) is 25.1 Å². The van der Waals surface area contributed by atoms with Crippen molar-refractivity contribution >= 4 is 23.2 Å². The average Bonchev–Trinajstić information content (AvgIpc) is 3.08. The number of benzene rings is 1. The molecule has 1 aromatic carbocycles. The van der Waals surface area contributed by atoms with E-state index in [-0.39, 0.29) is 6.54 Å². The summed E-state index contributed by atoms with van der Waals surface area (Å²) in [5, 5.41) is 3.11. The number of aryl methyl sites for hydroxylation is 1. The molecule has 0 bridgehead atoms. The second kappa shape index (κ2) is 8.50. The Hall–Kier alpha value is -3.13. The predicted octanol–water partition coefficient (Wildman–Crippen LogP) is 3.13. The van der Waals surface area contributed by atoms with Crippen LogP contribution in [0.15, 0.2) is 48.7 Å². The molecule has 6 nitrogen and oxygen atoms in total. The number of esters is 1.